The van der Waals surface area contributed by atoms with E-state index >= 15 is 0 Å². The van der Waals surface area contributed by atoms with Gasteiger partial charge in [-0.05, 0) is 67.7 Å². The van der Waals surface area contributed by atoms with Gasteiger partial charge in [-0.1, -0.05) is 36.5 Å². The first kappa shape index (κ1) is 17.6. The topological polar surface area (TPSA) is 32.3 Å². The lowest BCUT2D eigenvalue weighted by Gasteiger charge is -2.59. The molecule has 1 aromatic rings. The number of likely N-dealkylation sites (tertiary alicyclic amines) is 1. The van der Waals surface area contributed by atoms with Gasteiger partial charge in [0.2, 0.25) is 5.91 Å². The van der Waals surface area contributed by atoms with Crippen LogP contribution in [0.25, 0.3) is 0 Å². The van der Waals surface area contributed by atoms with Crippen molar-refractivity contribution in [2.75, 3.05) is 25.0 Å². The van der Waals surface area contributed by atoms with Crippen molar-refractivity contribution >= 4 is 34.8 Å². The van der Waals surface area contributed by atoms with E-state index in [1.54, 1.807) is 18.2 Å². The quantitative estimate of drug-likeness (QED) is 0.758. The van der Waals surface area contributed by atoms with Crippen LogP contribution in [0.4, 0.5) is 5.69 Å². The summed E-state index contributed by atoms with van der Waals surface area (Å²) in [5.41, 5.74) is 1.71. The predicted molar refractivity (Wildman–Crippen MR) is 103 cm³/mol. The maximum absolute atomic E-state index is 12.4. The van der Waals surface area contributed by atoms with Crippen LogP contribution in [-0.2, 0) is 4.79 Å². The van der Waals surface area contributed by atoms with Crippen molar-refractivity contribution in [3.8, 4) is 0 Å². The molecular weight excluding hydrogens is 355 g/mol. The van der Waals surface area contributed by atoms with Gasteiger partial charge >= 0.3 is 0 Å². The Kier molecular flexibility index (Phi) is 4.54. The Morgan fingerprint density at radius 1 is 1.20 bits per heavy atom. The molecule has 0 unspecified atom stereocenters. The molecule has 1 spiro atoms. The molecule has 25 heavy (non-hydrogen) atoms. The Bertz CT molecular complexity index is 652. The zero-order valence-electron chi connectivity index (χ0n) is 14.8. The van der Waals surface area contributed by atoms with E-state index in [9.17, 15) is 4.79 Å². The summed E-state index contributed by atoms with van der Waals surface area (Å²) in [7, 11) is 0. The average molecular weight is 381 g/mol. The summed E-state index contributed by atoms with van der Waals surface area (Å²) in [6.07, 6.45) is 7.59. The first-order valence-corrected chi connectivity index (χ1v) is 10.1. The largest absolute Gasteiger partial charge is 0.326 e. The first-order chi connectivity index (χ1) is 11.8. The number of hydrogen-bond donors (Lipinski definition) is 1. The molecule has 136 valence electrons. The minimum Gasteiger partial charge on any atom is -0.326 e. The molecule has 3 fully saturated rings. The number of halogens is 2. The van der Waals surface area contributed by atoms with Crippen LogP contribution in [0.1, 0.15) is 45.4 Å². The van der Waals surface area contributed by atoms with Gasteiger partial charge in [0.15, 0.2) is 0 Å². The Hall–Kier alpha value is -0.770. The summed E-state index contributed by atoms with van der Waals surface area (Å²) in [6, 6.07) is 5.15. The van der Waals surface area contributed by atoms with Gasteiger partial charge in [-0.2, -0.15) is 0 Å². The van der Waals surface area contributed by atoms with Crippen LogP contribution in [0, 0.1) is 16.7 Å². The van der Waals surface area contributed by atoms with E-state index in [0.29, 0.717) is 26.6 Å². The van der Waals surface area contributed by atoms with Crippen LogP contribution < -0.4 is 5.32 Å². The SMILES string of the molecule is CC1(CCN2CC3(CC(C(=O)Nc4cc(Cl)cc(Cl)c4)C3)C2)CCC1. The molecule has 3 aliphatic rings. The summed E-state index contributed by atoms with van der Waals surface area (Å²) in [5, 5.41) is 4.05. The predicted octanol–water partition coefficient (Wildman–Crippen LogP) is 5.22. The van der Waals surface area contributed by atoms with Crippen molar-refractivity contribution < 1.29 is 4.79 Å². The number of hydrogen-bond acceptors (Lipinski definition) is 2. The van der Waals surface area contributed by atoms with E-state index in [0.717, 1.165) is 12.8 Å². The Balaban J connectivity index is 1.21. The molecule has 2 saturated carbocycles. The van der Waals surface area contributed by atoms with Crippen molar-refractivity contribution in [1.29, 1.82) is 0 Å². The zero-order valence-corrected chi connectivity index (χ0v) is 16.3. The minimum atomic E-state index is 0.101. The van der Waals surface area contributed by atoms with E-state index in [4.69, 9.17) is 23.2 Å². The Labute approximate surface area is 160 Å². The van der Waals surface area contributed by atoms with Gasteiger partial charge in [0.25, 0.3) is 0 Å². The fraction of sp³-hybridized carbons (Fsp3) is 0.650. The van der Waals surface area contributed by atoms with Gasteiger partial charge in [-0.15, -0.1) is 0 Å². The highest BCUT2D eigenvalue weighted by Gasteiger charge is 2.54. The number of rotatable bonds is 5. The first-order valence-electron chi connectivity index (χ1n) is 9.34. The van der Waals surface area contributed by atoms with E-state index in [1.165, 1.54) is 45.3 Å². The Morgan fingerprint density at radius 3 is 2.40 bits per heavy atom. The van der Waals surface area contributed by atoms with Crippen molar-refractivity contribution in [2.45, 2.75) is 45.4 Å². The maximum atomic E-state index is 12.4. The fourth-order valence-corrected chi connectivity index (χ4v) is 5.34. The second-order valence-electron chi connectivity index (χ2n) is 8.88. The monoisotopic (exact) mass is 380 g/mol. The maximum Gasteiger partial charge on any atom is 0.227 e. The van der Waals surface area contributed by atoms with E-state index < -0.39 is 0 Å². The van der Waals surface area contributed by atoms with Crippen LogP contribution in [0.15, 0.2) is 18.2 Å². The smallest absolute Gasteiger partial charge is 0.227 e. The molecule has 1 aromatic carbocycles. The number of carbonyl (C=O) groups excluding carboxylic acids is 1. The zero-order chi connectivity index (χ0) is 17.7. The third kappa shape index (κ3) is 3.70. The number of benzene rings is 1. The van der Waals surface area contributed by atoms with Gasteiger partial charge in [0, 0.05) is 34.7 Å². The van der Waals surface area contributed by atoms with Gasteiger partial charge in [-0.25, -0.2) is 0 Å². The molecule has 0 radical (unpaired) electrons. The molecular formula is C20H26Cl2N2O. The summed E-state index contributed by atoms with van der Waals surface area (Å²) in [6.45, 7) is 6.01. The van der Waals surface area contributed by atoms with Crippen LogP contribution in [0.5, 0.6) is 0 Å². The highest BCUT2D eigenvalue weighted by Crippen LogP contribution is 2.53. The van der Waals surface area contributed by atoms with Crippen LogP contribution in [-0.4, -0.2) is 30.4 Å². The molecule has 3 nitrogen and oxygen atoms in total. The summed E-state index contributed by atoms with van der Waals surface area (Å²) in [5.74, 6) is 0.230. The van der Waals surface area contributed by atoms with Gasteiger partial charge < -0.3 is 10.2 Å². The van der Waals surface area contributed by atoms with E-state index in [1.807, 2.05) is 0 Å². The van der Waals surface area contributed by atoms with E-state index in [-0.39, 0.29) is 11.8 Å². The average Bonchev–Trinajstić information content (AvgIpc) is 2.40. The van der Waals surface area contributed by atoms with Crippen LogP contribution in [0.2, 0.25) is 10.0 Å². The third-order valence-electron chi connectivity index (χ3n) is 6.57. The second kappa shape index (κ2) is 6.44. The van der Waals surface area contributed by atoms with Crippen molar-refractivity contribution in [2.24, 2.45) is 16.7 Å². The van der Waals surface area contributed by atoms with Crippen molar-refractivity contribution in [1.82, 2.24) is 4.90 Å². The number of amides is 1. The summed E-state index contributed by atoms with van der Waals surface area (Å²) in [4.78, 5) is 15.0. The number of anilines is 1. The Morgan fingerprint density at radius 2 is 1.84 bits per heavy atom. The molecule has 1 saturated heterocycles. The van der Waals surface area contributed by atoms with Crippen LogP contribution >= 0.6 is 23.2 Å². The van der Waals surface area contributed by atoms with E-state index in [2.05, 4.69) is 17.1 Å². The molecule has 5 heteroatoms. The molecule has 4 rings (SSSR count). The van der Waals surface area contributed by atoms with Gasteiger partial charge in [0.05, 0.1) is 0 Å². The third-order valence-corrected chi connectivity index (χ3v) is 7.01. The lowest BCUT2D eigenvalue weighted by Crippen LogP contribution is -2.63. The van der Waals surface area contributed by atoms with Crippen LogP contribution in [0.3, 0.4) is 0 Å². The lowest BCUT2D eigenvalue weighted by molar-refractivity contribution is -0.140. The lowest BCUT2D eigenvalue weighted by atomic mass is 9.57. The standard InChI is InChI=1S/C20H26Cl2N2O/c1-19(3-2-4-19)5-6-24-12-20(13-24)10-14(11-20)18(25)23-17-8-15(21)7-16(22)9-17/h7-9,14H,2-6,10-13H2,1H3,(H,23,25). The molecule has 1 aliphatic heterocycles. The van der Waals surface area contributed by atoms with Gasteiger partial charge in [0.1, 0.15) is 0 Å². The normalized spacial score (nSPS) is 24.3. The molecule has 1 heterocycles. The van der Waals surface area contributed by atoms with Crippen molar-refractivity contribution in [3.63, 3.8) is 0 Å². The molecule has 0 aromatic heterocycles. The number of carbonyl (C=O) groups is 1. The molecule has 0 bridgehead atoms. The van der Waals surface area contributed by atoms with Gasteiger partial charge in [-0.3, -0.25) is 4.79 Å². The fourth-order valence-electron chi connectivity index (χ4n) is 4.82. The molecule has 1 amide bonds. The molecule has 1 N–H and O–H groups in total. The molecule has 2 aliphatic carbocycles. The summed E-state index contributed by atoms with van der Waals surface area (Å²) < 4.78 is 0. The highest BCUT2D eigenvalue weighted by molar-refractivity contribution is 6.35. The highest BCUT2D eigenvalue weighted by atomic mass is 35.5. The minimum absolute atomic E-state index is 0.101. The number of nitrogens with zero attached hydrogens (tertiary/aromatic N) is 1. The number of nitrogens with one attached hydrogen (secondary N) is 1. The van der Waals surface area contributed by atoms with Crippen molar-refractivity contribution in [3.05, 3.63) is 28.2 Å². The summed E-state index contributed by atoms with van der Waals surface area (Å²) >= 11 is 12.0. The second-order valence-corrected chi connectivity index (χ2v) is 9.75. The molecule has 0 atom stereocenters.